The largest absolute Gasteiger partial charge is 0.507 e. The Labute approximate surface area is 323 Å². The van der Waals surface area contributed by atoms with E-state index < -0.39 is 69.5 Å². The van der Waals surface area contributed by atoms with Gasteiger partial charge in [-0.15, -0.1) is 6.58 Å². The zero-order valence-corrected chi connectivity index (χ0v) is 30.3. The normalized spacial score (nSPS) is 26.1. The molecule has 3 fully saturated rings. The lowest BCUT2D eigenvalue weighted by atomic mass is 9.49. The van der Waals surface area contributed by atoms with E-state index in [0.717, 1.165) is 0 Å². The first-order valence-corrected chi connectivity index (χ1v) is 18.2. The summed E-state index contributed by atoms with van der Waals surface area (Å²) in [6.07, 6.45) is -0.381. The van der Waals surface area contributed by atoms with Gasteiger partial charge in [-0.05, 0) is 66.6 Å². The maximum Gasteiger partial charge on any atom is 0.417 e. The van der Waals surface area contributed by atoms with Crippen LogP contribution in [0.3, 0.4) is 0 Å². The molecule has 8 rings (SSSR count). The van der Waals surface area contributed by atoms with Crippen LogP contribution >= 0.6 is 23.2 Å². The molecule has 2 aliphatic carbocycles. The van der Waals surface area contributed by atoms with Crippen molar-refractivity contribution in [3.05, 3.63) is 142 Å². The number of hydrogen-bond donors (Lipinski definition) is 2. The van der Waals surface area contributed by atoms with Crippen molar-refractivity contribution in [1.82, 2.24) is 9.99 Å². The van der Waals surface area contributed by atoms with Crippen molar-refractivity contribution in [1.29, 1.82) is 0 Å². The number of carbonyl (C=O) groups is 4. The van der Waals surface area contributed by atoms with E-state index in [-0.39, 0.29) is 36.7 Å². The topological polar surface area (TPSA) is 120 Å². The highest BCUT2D eigenvalue weighted by Gasteiger charge is 2.70. The van der Waals surface area contributed by atoms with E-state index in [2.05, 4.69) is 17.0 Å². The summed E-state index contributed by atoms with van der Waals surface area (Å²) in [5, 5.41) is 12.5. The molecule has 1 aromatic heterocycles. The standard InChI is InChI=1S/C41H31Cl2F3N4O5/c1-2-7-21-8-6-11-28(34(21)51)33-26-16-17-27-32(38(54)49(36(27)52)25-9-4-3-5-10-25)29(26)19-30-37(53)50(39(55)40(30,33)22-12-14-24(42)15-13-22)48-35-31(43)18-23(20-47-35)41(44,45)46/h2-6,8-16,18,20,27,29-30,32-33,51H,1,7,17,19H2,(H,47,48)/t27-,29+,30-,32-,33+,40+/m0/s1. The molecule has 2 N–H and O–H groups in total. The van der Waals surface area contributed by atoms with Crippen LogP contribution in [0.1, 0.15) is 41.0 Å². The third-order valence-corrected chi connectivity index (χ3v) is 11.9. The van der Waals surface area contributed by atoms with Gasteiger partial charge in [-0.2, -0.15) is 18.2 Å². The van der Waals surface area contributed by atoms with Crippen LogP contribution in [-0.2, 0) is 37.2 Å². The Hall–Kier alpha value is -5.46. The zero-order valence-electron chi connectivity index (χ0n) is 28.8. The molecule has 2 aliphatic heterocycles. The number of rotatable bonds is 7. The SMILES string of the molecule is C=CCc1cccc([C@H]2C3=CC[C@@H]4C(=O)N(c5ccccc5)C(=O)[C@@H]4[C@@H]3C[C@H]3C(=O)N(Nc4ncc(C(F)(F)F)cc4Cl)C(=O)[C@@]23c2ccc(Cl)cc2)c1O. The number of anilines is 2. The molecule has 1 saturated carbocycles. The van der Waals surface area contributed by atoms with Crippen LogP contribution in [0.4, 0.5) is 24.7 Å². The number of imide groups is 2. The highest BCUT2D eigenvalue weighted by Crippen LogP contribution is 2.65. The van der Waals surface area contributed by atoms with Crippen LogP contribution in [0, 0.1) is 23.7 Å². The molecule has 55 heavy (non-hydrogen) atoms. The maximum atomic E-state index is 15.4. The first-order chi connectivity index (χ1) is 26.3. The molecule has 2 saturated heterocycles. The van der Waals surface area contributed by atoms with Crippen LogP contribution in [0.2, 0.25) is 10.0 Å². The third-order valence-electron chi connectivity index (χ3n) is 11.4. The third kappa shape index (κ3) is 5.56. The summed E-state index contributed by atoms with van der Waals surface area (Å²) in [7, 11) is 0. The molecule has 4 amide bonds. The van der Waals surface area contributed by atoms with Crippen molar-refractivity contribution in [3.63, 3.8) is 0 Å². The minimum Gasteiger partial charge on any atom is -0.507 e. The number of halogens is 5. The van der Waals surface area contributed by atoms with Gasteiger partial charge in [0.15, 0.2) is 5.82 Å². The summed E-state index contributed by atoms with van der Waals surface area (Å²) in [6, 6.07) is 20.7. The molecule has 9 nitrogen and oxygen atoms in total. The van der Waals surface area contributed by atoms with Crippen LogP contribution in [-0.4, -0.2) is 38.7 Å². The molecule has 0 radical (unpaired) electrons. The number of hydrogen-bond acceptors (Lipinski definition) is 7. The van der Waals surface area contributed by atoms with Gasteiger partial charge < -0.3 is 5.11 Å². The second kappa shape index (κ2) is 13.4. The van der Waals surface area contributed by atoms with Gasteiger partial charge in [-0.1, -0.05) is 89.5 Å². The fourth-order valence-electron chi connectivity index (χ4n) is 9.12. The molecule has 3 heterocycles. The summed E-state index contributed by atoms with van der Waals surface area (Å²) < 4.78 is 40.5. The number of pyridine rings is 1. The predicted octanol–water partition coefficient (Wildman–Crippen LogP) is 8.03. The number of para-hydroxylation sites is 2. The summed E-state index contributed by atoms with van der Waals surface area (Å²) in [6.45, 7) is 3.81. The highest BCUT2D eigenvalue weighted by molar-refractivity contribution is 6.33. The number of alkyl halides is 3. The monoisotopic (exact) mass is 786 g/mol. The number of nitrogens with zero attached hydrogens (tertiary/aromatic N) is 3. The number of aromatic nitrogens is 1. The average Bonchev–Trinajstić information content (AvgIpc) is 3.54. The molecule has 6 atom stereocenters. The van der Waals surface area contributed by atoms with Gasteiger partial charge in [0, 0.05) is 22.7 Å². The van der Waals surface area contributed by atoms with E-state index in [4.69, 9.17) is 23.2 Å². The van der Waals surface area contributed by atoms with E-state index in [0.29, 0.717) is 50.2 Å². The van der Waals surface area contributed by atoms with Gasteiger partial charge in [0.25, 0.3) is 11.8 Å². The number of benzene rings is 3. The Morgan fingerprint density at radius 3 is 2.35 bits per heavy atom. The molecule has 280 valence electrons. The predicted molar refractivity (Wildman–Crippen MR) is 198 cm³/mol. The fourth-order valence-corrected chi connectivity index (χ4v) is 9.46. The van der Waals surface area contributed by atoms with Crippen LogP contribution in [0.25, 0.3) is 0 Å². The van der Waals surface area contributed by atoms with Crippen molar-refractivity contribution in [2.24, 2.45) is 23.7 Å². The summed E-state index contributed by atoms with van der Waals surface area (Å²) >= 11 is 12.6. The first kappa shape index (κ1) is 36.5. The van der Waals surface area contributed by atoms with E-state index in [1.165, 1.54) is 4.90 Å². The van der Waals surface area contributed by atoms with Crippen molar-refractivity contribution in [2.75, 3.05) is 10.3 Å². The number of fused-ring (bicyclic) bond motifs is 4. The molecule has 0 spiro atoms. The Morgan fingerprint density at radius 2 is 1.67 bits per heavy atom. The average molecular weight is 788 g/mol. The number of hydrazine groups is 1. The highest BCUT2D eigenvalue weighted by atomic mass is 35.5. The van der Waals surface area contributed by atoms with Crippen LogP contribution in [0.5, 0.6) is 5.75 Å². The number of aromatic hydroxyl groups is 1. The van der Waals surface area contributed by atoms with Crippen LogP contribution < -0.4 is 10.3 Å². The quantitative estimate of drug-likeness (QED) is 0.144. The molecule has 3 aromatic carbocycles. The minimum absolute atomic E-state index is 0.0577. The molecule has 0 bridgehead atoms. The zero-order chi connectivity index (χ0) is 39.0. The fraction of sp³-hybridized carbons (Fsp3) is 0.244. The summed E-state index contributed by atoms with van der Waals surface area (Å²) in [5.74, 6) is -7.54. The second-order valence-corrected chi connectivity index (χ2v) is 15.0. The van der Waals surface area contributed by atoms with Gasteiger partial charge in [0.05, 0.1) is 39.4 Å². The van der Waals surface area contributed by atoms with Gasteiger partial charge in [0.1, 0.15) is 5.75 Å². The van der Waals surface area contributed by atoms with Crippen molar-refractivity contribution in [3.8, 4) is 5.75 Å². The lowest BCUT2D eigenvalue weighted by Crippen LogP contribution is -2.53. The Kier molecular flexibility index (Phi) is 8.88. The lowest BCUT2D eigenvalue weighted by Gasteiger charge is -2.50. The number of phenolic OH excluding ortho intramolecular Hbond substituents is 1. The minimum atomic E-state index is -4.76. The van der Waals surface area contributed by atoms with Gasteiger partial charge in [-0.25, -0.2) is 4.98 Å². The number of allylic oxidation sites excluding steroid dienone is 3. The molecule has 0 unspecified atom stereocenters. The van der Waals surface area contributed by atoms with Crippen molar-refractivity contribution >= 4 is 58.3 Å². The lowest BCUT2D eigenvalue weighted by molar-refractivity contribution is -0.139. The van der Waals surface area contributed by atoms with E-state index >= 15 is 4.79 Å². The van der Waals surface area contributed by atoms with Crippen molar-refractivity contribution < 1.29 is 37.5 Å². The first-order valence-electron chi connectivity index (χ1n) is 17.5. The Morgan fingerprint density at radius 1 is 0.945 bits per heavy atom. The molecule has 4 aliphatic rings. The van der Waals surface area contributed by atoms with Crippen molar-refractivity contribution in [2.45, 2.75) is 36.8 Å². The van der Waals surface area contributed by atoms with E-state index in [9.17, 15) is 32.7 Å². The maximum absolute atomic E-state index is 15.4. The Bertz CT molecular complexity index is 2320. The summed E-state index contributed by atoms with van der Waals surface area (Å²) in [4.78, 5) is 63.7. The molecular formula is C41H31Cl2F3N4O5. The number of nitrogens with one attached hydrogen (secondary N) is 1. The van der Waals surface area contributed by atoms with E-state index in [1.54, 1.807) is 78.9 Å². The second-order valence-electron chi connectivity index (χ2n) is 14.1. The van der Waals surface area contributed by atoms with Crippen LogP contribution in [0.15, 0.2) is 109 Å². The van der Waals surface area contributed by atoms with Gasteiger partial charge in [-0.3, -0.25) is 29.5 Å². The molecular weight excluding hydrogens is 756 g/mol. The smallest absolute Gasteiger partial charge is 0.417 e. The number of amides is 4. The van der Waals surface area contributed by atoms with E-state index in [1.807, 2.05) is 6.08 Å². The van der Waals surface area contributed by atoms with Gasteiger partial charge >= 0.3 is 6.18 Å². The number of phenols is 1. The Balaban J connectivity index is 1.34. The molecule has 4 aromatic rings. The molecule has 14 heteroatoms. The number of carbonyl (C=O) groups excluding carboxylic acids is 4. The summed E-state index contributed by atoms with van der Waals surface area (Å²) in [5.41, 5.74) is 1.88. The van der Waals surface area contributed by atoms with Gasteiger partial charge in [0.2, 0.25) is 11.8 Å².